The van der Waals surface area contributed by atoms with E-state index < -0.39 is 11.6 Å². The fraction of sp³-hybridized carbons (Fsp3) is 0.550. The molecule has 8 nitrogen and oxygen atoms in total. The predicted octanol–water partition coefficient (Wildman–Crippen LogP) is 2.01. The predicted molar refractivity (Wildman–Crippen MR) is 123 cm³/mol. The van der Waals surface area contributed by atoms with Crippen molar-refractivity contribution in [3.05, 3.63) is 28.8 Å². The quantitative estimate of drug-likeness (QED) is 0.213. The van der Waals surface area contributed by atoms with Crippen LogP contribution < -0.4 is 16.0 Å². The third-order valence-corrected chi connectivity index (χ3v) is 5.90. The molecule has 1 aromatic carbocycles. The molecular formula is C20H30IN5O3. The Labute approximate surface area is 188 Å². The lowest BCUT2D eigenvalue weighted by Crippen LogP contribution is -2.55. The van der Waals surface area contributed by atoms with Gasteiger partial charge in [-0.15, -0.1) is 24.0 Å². The number of nitrogens with one attached hydrogen (secondary N) is 3. The van der Waals surface area contributed by atoms with Gasteiger partial charge < -0.3 is 20.6 Å². The van der Waals surface area contributed by atoms with Crippen molar-refractivity contribution in [1.29, 1.82) is 0 Å². The lowest BCUT2D eigenvalue weighted by atomic mass is 9.79. The van der Waals surface area contributed by atoms with Gasteiger partial charge in [0, 0.05) is 26.7 Å². The topological polar surface area (TPSA) is 106 Å². The molecule has 29 heavy (non-hydrogen) atoms. The normalized spacial score (nSPS) is 22.8. The number of aryl methyl sites for hydroxylation is 2. The fourth-order valence-electron chi connectivity index (χ4n) is 4.17. The maximum absolute atomic E-state index is 12.2. The summed E-state index contributed by atoms with van der Waals surface area (Å²) in [6.07, 6.45) is 1.59. The third kappa shape index (κ3) is 4.76. The lowest BCUT2D eigenvalue weighted by molar-refractivity contribution is -0.125. The molecule has 0 spiro atoms. The summed E-state index contributed by atoms with van der Waals surface area (Å²) < 4.78 is 0. The molecule has 2 aliphatic rings. The van der Waals surface area contributed by atoms with Gasteiger partial charge in [-0.05, 0) is 56.2 Å². The second-order valence-corrected chi connectivity index (χ2v) is 7.85. The number of aliphatic imine (C=N–C) groups is 1. The smallest absolute Gasteiger partial charge is 0.322 e. The van der Waals surface area contributed by atoms with Gasteiger partial charge in [0.2, 0.25) is 0 Å². The Morgan fingerprint density at radius 2 is 1.86 bits per heavy atom. The first-order valence-corrected chi connectivity index (χ1v) is 9.63. The summed E-state index contributed by atoms with van der Waals surface area (Å²) in [4.78, 5) is 30.2. The summed E-state index contributed by atoms with van der Waals surface area (Å²) in [7, 11) is 1.76. The van der Waals surface area contributed by atoms with E-state index in [1.165, 1.54) is 0 Å². The molecule has 1 atom stereocenters. The minimum atomic E-state index is -0.832. The van der Waals surface area contributed by atoms with Crippen LogP contribution in [-0.2, 0) is 11.3 Å². The van der Waals surface area contributed by atoms with Crippen LogP contribution in [0.15, 0.2) is 17.1 Å². The molecule has 2 aliphatic heterocycles. The van der Waals surface area contributed by atoms with E-state index in [0.717, 1.165) is 48.6 Å². The number of imide groups is 1. The van der Waals surface area contributed by atoms with Gasteiger partial charge in [-0.2, -0.15) is 0 Å². The monoisotopic (exact) mass is 515 g/mol. The number of rotatable bonds is 3. The van der Waals surface area contributed by atoms with Crippen molar-refractivity contribution in [2.45, 2.75) is 45.7 Å². The zero-order chi connectivity index (χ0) is 20.5. The van der Waals surface area contributed by atoms with Crippen molar-refractivity contribution in [3.63, 3.8) is 0 Å². The fourth-order valence-corrected chi connectivity index (χ4v) is 4.17. The Hall–Kier alpha value is -2.04. The molecule has 3 amide bonds. The van der Waals surface area contributed by atoms with Gasteiger partial charge in [0.15, 0.2) is 5.96 Å². The highest BCUT2D eigenvalue weighted by molar-refractivity contribution is 14.0. The Morgan fingerprint density at radius 1 is 1.28 bits per heavy atom. The maximum atomic E-state index is 12.2. The highest BCUT2D eigenvalue weighted by Gasteiger charge is 2.48. The lowest BCUT2D eigenvalue weighted by Gasteiger charge is -2.39. The molecule has 160 valence electrons. The summed E-state index contributed by atoms with van der Waals surface area (Å²) in [5.41, 5.74) is 1.97. The first kappa shape index (κ1) is 23.2. The molecule has 0 aliphatic carbocycles. The van der Waals surface area contributed by atoms with Crippen LogP contribution in [-0.4, -0.2) is 53.6 Å². The van der Waals surface area contributed by atoms with Gasteiger partial charge in [0.05, 0.1) is 0 Å². The minimum absolute atomic E-state index is 0. The van der Waals surface area contributed by atoms with Crippen LogP contribution in [0.3, 0.4) is 0 Å². The molecule has 0 bridgehead atoms. The standard InChI is InChI=1S/C20H29N5O3.HI/c1-12-9-14(10-13(2)16(12)26)11-22-18(21-4)25-7-5-15(6-8-25)20(3)17(27)23-19(28)24-20;/h9-10,15,26H,5-8,11H2,1-4H3,(H,21,22)(H2,23,24,27,28);1H. The van der Waals surface area contributed by atoms with Gasteiger partial charge in [0.25, 0.3) is 5.91 Å². The molecule has 2 saturated heterocycles. The number of guanidine groups is 1. The second-order valence-electron chi connectivity index (χ2n) is 7.85. The van der Waals surface area contributed by atoms with E-state index in [2.05, 4.69) is 25.8 Å². The molecule has 2 fully saturated rings. The molecule has 2 heterocycles. The number of carbonyl (C=O) groups excluding carboxylic acids is 2. The summed E-state index contributed by atoms with van der Waals surface area (Å²) in [6.45, 7) is 7.72. The van der Waals surface area contributed by atoms with E-state index in [-0.39, 0.29) is 35.8 Å². The van der Waals surface area contributed by atoms with E-state index in [1.807, 2.05) is 26.0 Å². The number of urea groups is 1. The molecule has 0 aromatic heterocycles. The van der Waals surface area contributed by atoms with Crippen LogP contribution in [0, 0.1) is 19.8 Å². The zero-order valence-corrected chi connectivity index (χ0v) is 19.7. The summed E-state index contributed by atoms with van der Waals surface area (Å²) in [5, 5.41) is 18.4. The van der Waals surface area contributed by atoms with Gasteiger partial charge in [0.1, 0.15) is 11.3 Å². The molecule has 1 unspecified atom stereocenters. The Balaban J connectivity index is 0.00000300. The number of benzene rings is 1. The molecular weight excluding hydrogens is 485 g/mol. The van der Waals surface area contributed by atoms with Crippen LogP contribution in [0.1, 0.15) is 36.5 Å². The molecule has 0 radical (unpaired) electrons. The van der Waals surface area contributed by atoms with Gasteiger partial charge in [-0.3, -0.25) is 15.1 Å². The van der Waals surface area contributed by atoms with Crippen molar-refractivity contribution in [2.75, 3.05) is 20.1 Å². The number of likely N-dealkylation sites (tertiary alicyclic amines) is 1. The van der Waals surface area contributed by atoms with Crippen LogP contribution in [0.5, 0.6) is 5.75 Å². The number of carbonyl (C=O) groups is 2. The average molecular weight is 515 g/mol. The third-order valence-electron chi connectivity index (χ3n) is 5.90. The summed E-state index contributed by atoms with van der Waals surface area (Å²) in [5.74, 6) is 1.01. The van der Waals surface area contributed by atoms with E-state index in [1.54, 1.807) is 14.0 Å². The molecule has 4 N–H and O–H groups in total. The SMILES string of the molecule is CN=C(NCc1cc(C)c(O)c(C)c1)N1CCC(C2(C)NC(=O)NC2=O)CC1.I. The highest BCUT2D eigenvalue weighted by Crippen LogP contribution is 2.30. The van der Waals surface area contributed by atoms with Gasteiger partial charge in [-0.25, -0.2) is 4.79 Å². The molecule has 1 aromatic rings. The summed E-state index contributed by atoms with van der Waals surface area (Å²) in [6, 6.07) is 3.53. The number of aromatic hydroxyl groups is 1. The Bertz CT molecular complexity index is 797. The van der Waals surface area contributed by atoms with Crippen LogP contribution >= 0.6 is 24.0 Å². The van der Waals surface area contributed by atoms with Crippen molar-refractivity contribution >= 4 is 41.9 Å². The zero-order valence-electron chi connectivity index (χ0n) is 17.3. The van der Waals surface area contributed by atoms with Crippen molar-refractivity contribution in [1.82, 2.24) is 20.9 Å². The largest absolute Gasteiger partial charge is 0.507 e. The average Bonchev–Trinajstić information content (AvgIpc) is 2.93. The Morgan fingerprint density at radius 3 is 2.34 bits per heavy atom. The van der Waals surface area contributed by atoms with Gasteiger partial charge in [-0.1, -0.05) is 12.1 Å². The van der Waals surface area contributed by atoms with Crippen molar-refractivity contribution in [3.8, 4) is 5.75 Å². The van der Waals surface area contributed by atoms with Crippen molar-refractivity contribution < 1.29 is 14.7 Å². The maximum Gasteiger partial charge on any atom is 0.322 e. The molecule has 0 saturated carbocycles. The number of nitrogens with zero attached hydrogens (tertiary/aromatic N) is 2. The number of piperidine rings is 1. The molecule has 9 heteroatoms. The van der Waals surface area contributed by atoms with Crippen molar-refractivity contribution in [2.24, 2.45) is 10.9 Å². The second kappa shape index (κ2) is 9.19. The summed E-state index contributed by atoms with van der Waals surface area (Å²) >= 11 is 0. The van der Waals surface area contributed by atoms with E-state index in [0.29, 0.717) is 12.3 Å². The van der Waals surface area contributed by atoms with E-state index >= 15 is 0 Å². The number of amides is 3. The highest BCUT2D eigenvalue weighted by atomic mass is 127. The first-order valence-electron chi connectivity index (χ1n) is 9.63. The van der Waals surface area contributed by atoms with Crippen LogP contribution in [0.4, 0.5) is 4.79 Å². The van der Waals surface area contributed by atoms with Crippen LogP contribution in [0.2, 0.25) is 0 Å². The van der Waals surface area contributed by atoms with E-state index in [9.17, 15) is 14.7 Å². The number of phenols is 1. The number of hydrogen-bond acceptors (Lipinski definition) is 4. The Kier molecular flexibility index (Phi) is 7.36. The number of hydrogen-bond donors (Lipinski definition) is 4. The van der Waals surface area contributed by atoms with E-state index in [4.69, 9.17) is 0 Å². The first-order chi connectivity index (χ1) is 13.2. The minimum Gasteiger partial charge on any atom is -0.507 e. The number of phenolic OH excluding ortho intramolecular Hbond substituents is 1. The van der Waals surface area contributed by atoms with Gasteiger partial charge >= 0.3 is 6.03 Å². The number of halogens is 1. The molecule has 3 rings (SSSR count). The van der Waals surface area contributed by atoms with Crippen LogP contribution in [0.25, 0.3) is 0 Å².